The molecule has 2 aliphatic rings. The van der Waals surface area contributed by atoms with Crippen molar-refractivity contribution >= 4 is 11.7 Å². The third kappa shape index (κ3) is 2.52. The van der Waals surface area contributed by atoms with E-state index in [0.29, 0.717) is 0 Å². The van der Waals surface area contributed by atoms with Crippen molar-refractivity contribution in [3.05, 3.63) is 29.3 Å². The lowest BCUT2D eigenvalue weighted by Gasteiger charge is -2.28. The highest BCUT2D eigenvalue weighted by molar-refractivity contribution is 5.73. The number of hydrogen-bond donors (Lipinski definition) is 1. The molecule has 0 saturated carbocycles. The van der Waals surface area contributed by atoms with Crippen LogP contribution in [-0.2, 0) is 17.8 Å². The first-order chi connectivity index (χ1) is 9.65. The molecule has 0 aromatic heterocycles. The molecule has 20 heavy (non-hydrogen) atoms. The normalized spacial score (nSPS) is 22.9. The number of likely N-dealkylation sites (tertiary alicyclic amines) is 1. The second-order valence-corrected chi connectivity index (χ2v) is 5.95. The first kappa shape index (κ1) is 13.4. The molecule has 1 N–H and O–H groups in total. The molecule has 4 heteroatoms. The Morgan fingerprint density at radius 1 is 1.35 bits per heavy atom. The average molecular weight is 274 g/mol. The van der Waals surface area contributed by atoms with Gasteiger partial charge < -0.3 is 10.0 Å². The molecule has 108 valence electrons. The zero-order valence-electron chi connectivity index (χ0n) is 12.0. The summed E-state index contributed by atoms with van der Waals surface area (Å²) in [6.45, 7) is 2.78. The van der Waals surface area contributed by atoms with Crippen LogP contribution in [0, 0.1) is 0 Å². The van der Waals surface area contributed by atoms with E-state index in [-0.39, 0.29) is 6.04 Å². The van der Waals surface area contributed by atoms with Crippen molar-refractivity contribution < 1.29 is 9.90 Å². The molecule has 0 amide bonds. The Morgan fingerprint density at radius 3 is 3.00 bits per heavy atom. The topological polar surface area (TPSA) is 43.8 Å². The van der Waals surface area contributed by atoms with Gasteiger partial charge in [-0.1, -0.05) is 12.1 Å². The Bertz CT molecular complexity index is 515. The number of fused-ring (bicyclic) bond motifs is 1. The van der Waals surface area contributed by atoms with Crippen LogP contribution in [0.3, 0.4) is 0 Å². The molecule has 3 rings (SSSR count). The molecule has 1 aromatic rings. The Hall–Kier alpha value is -1.55. The summed E-state index contributed by atoms with van der Waals surface area (Å²) >= 11 is 0. The largest absolute Gasteiger partial charge is 0.480 e. The van der Waals surface area contributed by atoms with Gasteiger partial charge >= 0.3 is 5.97 Å². The number of carboxylic acids is 1. The number of carboxylic acid groups (broad SMARTS) is 1. The number of rotatable bonds is 3. The van der Waals surface area contributed by atoms with Crippen LogP contribution in [0.2, 0.25) is 0 Å². The molecule has 2 heterocycles. The van der Waals surface area contributed by atoms with Crippen LogP contribution in [0.4, 0.5) is 5.69 Å². The molecule has 1 aromatic carbocycles. The minimum absolute atomic E-state index is 0.297. The summed E-state index contributed by atoms with van der Waals surface area (Å²) in [6.07, 6.45) is 4.11. The number of aliphatic carboxylic acids is 1. The van der Waals surface area contributed by atoms with E-state index in [1.807, 2.05) is 0 Å². The lowest BCUT2D eigenvalue weighted by atomic mass is 9.99. The fourth-order valence-corrected chi connectivity index (χ4v) is 3.47. The number of carbonyl (C=O) groups is 1. The zero-order chi connectivity index (χ0) is 14.1. The quantitative estimate of drug-likeness (QED) is 0.917. The van der Waals surface area contributed by atoms with E-state index in [1.54, 1.807) is 0 Å². The SMILES string of the molecule is CN1CCCc2cc(CN3CCCC3C(=O)O)ccc21. The highest BCUT2D eigenvalue weighted by atomic mass is 16.4. The molecule has 0 radical (unpaired) electrons. The molecule has 0 spiro atoms. The molecule has 2 aliphatic heterocycles. The summed E-state index contributed by atoms with van der Waals surface area (Å²) in [5, 5.41) is 9.24. The molecular formula is C16H22N2O2. The lowest BCUT2D eigenvalue weighted by molar-refractivity contribution is -0.142. The summed E-state index contributed by atoms with van der Waals surface area (Å²) in [5.74, 6) is -0.680. The number of hydrogen-bond acceptors (Lipinski definition) is 3. The van der Waals surface area contributed by atoms with Crippen LogP contribution >= 0.6 is 0 Å². The fraction of sp³-hybridized carbons (Fsp3) is 0.562. The lowest BCUT2D eigenvalue weighted by Crippen LogP contribution is -2.35. The maximum atomic E-state index is 11.2. The first-order valence-corrected chi connectivity index (χ1v) is 7.45. The van der Waals surface area contributed by atoms with Crippen molar-refractivity contribution in [3.8, 4) is 0 Å². The van der Waals surface area contributed by atoms with Gasteiger partial charge in [0, 0.05) is 25.8 Å². The van der Waals surface area contributed by atoms with Crippen LogP contribution in [0.25, 0.3) is 0 Å². The van der Waals surface area contributed by atoms with Crippen molar-refractivity contribution in [2.45, 2.75) is 38.3 Å². The number of anilines is 1. The van der Waals surface area contributed by atoms with Crippen LogP contribution in [-0.4, -0.2) is 42.2 Å². The van der Waals surface area contributed by atoms with Gasteiger partial charge in [-0.15, -0.1) is 0 Å². The average Bonchev–Trinajstić information content (AvgIpc) is 2.87. The Morgan fingerprint density at radius 2 is 2.20 bits per heavy atom. The highest BCUT2D eigenvalue weighted by Gasteiger charge is 2.30. The third-order valence-corrected chi connectivity index (χ3v) is 4.53. The van der Waals surface area contributed by atoms with Crippen molar-refractivity contribution in [2.75, 3.05) is 25.0 Å². The monoisotopic (exact) mass is 274 g/mol. The Balaban J connectivity index is 1.76. The summed E-state index contributed by atoms with van der Waals surface area (Å²) in [4.78, 5) is 15.6. The number of benzene rings is 1. The zero-order valence-corrected chi connectivity index (χ0v) is 12.0. The van der Waals surface area contributed by atoms with Crippen molar-refractivity contribution in [3.63, 3.8) is 0 Å². The van der Waals surface area contributed by atoms with Gasteiger partial charge in [0.05, 0.1) is 0 Å². The van der Waals surface area contributed by atoms with E-state index in [4.69, 9.17) is 0 Å². The smallest absolute Gasteiger partial charge is 0.320 e. The van der Waals surface area contributed by atoms with Gasteiger partial charge in [0.15, 0.2) is 0 Å². The summed E-state index contributed by atoms with van der Waals surface area (Å²) in [6, 6.07) is 6.31. The number of aryl methyl sites for hydroxylation is 1. The summed E-state index contributed by atoms with van der Waals surface area (Å²) < 4.78 is 0. The van der Waals surface area contributed by atoms with E-state index in [9.17, 15) is 9.90 Å². The van der Waals surface area contributed by atoms with E-state index in [2.05, 4.69) is 35.0 Å². The van der Waals surface area contributed by atoms with Gasteiger partial charge in [-0.3, -0.25) is 9.69 Å². The predicted octanol–water partition coefficient (Wildman–Crippen LogP) is 2.12. The van der Waals surface area contributed by atoms with Crippen molar-refractivity contribution in [1.29, 1.82) is 0 Å². The van der Waals surface area contributed by atoms with Gasteiger partial charge in [0.25, 0.3) is 0 Å². The van der Waals surface area contributed by atoms with E-state index in [1.165, 1.54) is 23.2 Å². The second kappa shape index (κ2) is 5.44. The van der Waals surface area contributed by atoms with Crippen LogP contribution in [0.1, 0.15) is 30.4 Å². The van der Waals surface area contributed by atoms with Gasteiger partial charge in [0.1, 0.15) is 6.04 Å². The van der Waals surface area contributed by atoms with Crippen LogP contribution < -0.4 is 4.90 Å². The minimum Gasteiger partial charge on any atom is -0.480 e. The second-order valence-electron chi connectivity index (χ2n) is 5.95. The minimum atomic E-state index is -0.680. The highest BCUT2D eigenvalue weighted by Crippen LogP contribution is 2.28. The van der Waals surface area contributed by atoms with Gasteiger partial charge in [-0.25, -0.2) is 0 Å². The maximum absolute atomic E-state index is 11.2. The molecule has 1 fully saturated rings. The van der Waals surface area contributed by atoms with Crippen molar-refractivity contribution in [2.24, 2.45) is 0 Å². The van der Waals surface area contributed by atoms with Crippen LogP contribution in [0.15, 0.2) is 18.2 Å². The van der Waals surface area contributed by atoms with Crippen molar-refractivity contribution in [1.82, 2.24) is 4.90 Å². The summed E-state index contributed by atoms with van der Waals surface area (Å²) in [7, 11) is 2.14. The molecule has 0 bridgehead atoms. The maximum Gasteiger partial charge on any atom is 0.320 e. The number of nitrogens with zero attached hydrogens (tertiary/aromatic N) is 2. The Labute approximate surface area is 120 Å². The molecule has 1 atom stereocenters. The van der Waals surface area contributed by atoms with Gasteiger partial charge in [-0.2, -0.15) is 0 Å². The fourth-order valence-electron chi connectivity index (χ4n) is 3.47. The van der Waals surface area contributed by atoms with E-state index in [0.717, 1.165) is 38.9 Å². The molecule has 4 nitrogen and oxygen atoms in total. The molecular weight excluding hydrogens is 252 g/mol. The first-order valence-electron chi connectivity index (χ1n) is 7.45. The van der Waals surface area contributed by atoms with Gasteiger partial charge in [-0.05, 0) is 49.4 Å². The standard InChI is InChI=1S/C16H22N2O2/c1-17-8-2-4-13-10-12(6-7-14(13)17)11-18-9-3-5-15(18)16(19)20/h6-7,10,15H,2-5,8-9,11H2,1H3,(H,19,20). The predicted molar refractivity (Wildman–Crippen MR) is 79.1 cm³/mol. The van der Waals surface area contributed by atoms with E-state index < -0.39 is 5.97 Å². The van der Waals surface area contributed by atoms with E-state index >= 15 is 0 Å². The molecule has 0 aliphatic carbocycles. The molecule has 1 saturated heterocycles. The summed E-state index contributed by atoms with van der Waals surface area (Å²) in [5.41, 5.74) is 3.98. The van der Waals surface area contributed by atoms with Crippen LogP contribution in [0.5, 0.6) is 0 Å². The molecule has 1 unspecified atom stereocenters. The van der Waals surface area contributed by atoms with Gasteiger partial charge in [0.2, 0.25) is 0 Å². The Kier molecular flexibility index (Phi) is 3.66. The third-order valence-electron chi connectivity index (χ3n) is 4.53.